The van der Waals surface area contributed by atoms with Crippen LogP contribution >= 0.6 is 34.5 Å². The molecule has 0 N–H and O–H groups in total. The Hall–Kier alpha value is -4.56. The van der Waals surface area contributed by atoms with Crippen LogP contribution in [0.2, 0.25) is 10.0 Å². The average molecular weight is 679 g/mol. The van der Waals surface area contributed by atoms with Crippen LogP contribution in [0.15, 0.2) is 106 Å². The highest BCUT2D eigenvalue weighted by Gasteiger charge is 2.33. The molecule has 0 saturated carbocycles. The van der Waals surface area contributed by atoms with E-state index in [1.807, 2.05) is 53.1 Å². The maximum absolute atomic E-state index is 14.5. The Morgan fingerprint density at radius 3 is 2.57 bits per heavy atom. The van der Waals surface area contributed by atoms with Gasteiger partial charge in [0.15, 0.2) is 16.3 Å². The first kappa shape index (κ1) is 29.8. The van der Waals surface area contributed by atoms with Crippen LogP contribution in [0.1, 0.15) is 40.3 Å². The predicted molar refractivity (Wildman–Crippen MR) is 190 cm³/mol. The van der Waals surface area contributed by atoms with Crippen molar-refractivity contribution in [3.05, 3.63) is 154 Å². The van der Waals surface area contributed by atoms with Crippen molar-refractivity contribution in [1.82, 2.24) is 9.13 Å². The van der Waals surface area contributed by atoms with Crippen molar-refractivity contribution < 1.29 is 9.47 Å². The minimum Gasteiger partial charge on any atom is -0.493 e. The minimum atomic E-state index is -0.329. The maximum atomic E-state index is 14.5. The second-order valence-corrected chi connectivity index (χ2v) is 13.5. The molecule has 0 saturated heterocycles. The summed E-state index contributed by atoms with van der Waals surface area (Å²) >= 11 is 14.1. The standard InChI is InChI=1S/C38H29Cl2N3O3S/c1-45-32-16-13-23(17-33(32)46-2)36-29-15-12-22-7-3-4-9-28(22)35(29)41-38-43(36)37(44)34(47-38)18-25-21-42(31-10-6-5-8-27(25)31)20-24-11-14-26(39)19-30(24)40/h3-11,13-14,16-19,21,36H,12,15,20H2,1-2H3/b34-18+/t36-/m1/s1. The van der Waals surface area contributed by atoms with E-state index in [4.69, 9.17) is 37.7 Å². The number of aryl methyl sites for hydroxylation is 1. The molecule has 0 unspecified atom stereocenters. The summed E-state index contributed by atoms with van der Waals surface area (Å²) in [6.07, 6.45) is 5.77. The van der Waals surface area contributed by atoms with Crippen molar-refractivity contribution in [2.24, 2.45) is 4.99 Å². The third kappa shape index (κ3) is 5.10. The lowest BCUT2D eigenvalue weighted by Gasteiger charge is -2.31. The summed E-state index contributed by atoms with van der Waals surface area (Å²) in [5, 5.41) is 2.27. The van der Waals surface area contributed by atoms with Gasteiger partial charge in [0.1, 0.15) is 0 Å². The van der Waals surface area contributed by atoms with Crippen molar-refractivity contribution in [2.75, 3.05) is 14.2 Å². The zero-order valence-corrected chi connectivity index (χ0v) is 28.0. The van der Waals surface area contributed by atoms with E-state index in [1.54, 1.807) is 20.3 Å². The van der Waals surface area contributed by atoms with E-state index in [1.165, 1.54) is 16.9 Å². The molecule has 1 atom stereocenters. The SMILES string of the molecule is COc1ccc([C@@H]2C3=C(N=c4s/c(=C/c5cn(Cc6ccc(Cl)cc6Cl)c6ccccc56)c(=O)n42)c2ccccc2CC3)cc1OC. The van der Waals surface area contributed by atoms with E-state index in [0.29, 0.717) is 37.4 Å². The molecule has 6 nitrogen and oxygen atoms in total. The van der Waals surface area contributed by atoms with Gasteiger partial charge in [0.25, 0.3) is 5.56 Å². The topological polar surface area (TPSA) is 57.8 Å². The Morgan fingerprint density at radius 1 is 0.936 bits per heavy atom. The molecule has 47 heavy (non-hydrogen) atoms. The number of halogens is 2. The summed E-state index contributed by atoms with van der Waals surface area (Å²) in [5.74, 6) is 1.26. The van der Waals surface area contributed by atoms with Crippen LogP contribution in [-0.2, 0) is 13.0 Å². The van der Waals surface area contributed by atoms with Crippen LogP contribution in [0.5, 0.6) is 11.5 Å². The smallest absolute Gasteiger partial charge is 0.271 e. The van der Waals surface area contributed by atoms with Crippen LogP contribution in [0, 0.1) is 0 Å². The number of nitrogens with zero attached hydrogens (tertiary/aromatic N) is 3. The molecule has 0 fully saturated rings. The molecular formula is C38H29Cl2N3O3S. The molecule has 234 valence electrons. The van der Waals surface area contributed by atoms with Crippen LogP contribution < -0.4 is 24.4 Å². The number of aromatic nitrogens is 2. The van der Waals surface area contributed by atoms with E-state index >= 15 is 0 Å². The lowest BCUT2D eigenvalue weighted by atomic mass is 9.83. The summed E-state index contributed by atoms with van der Waals surface area (Å²) in [4.78, 5) is 20.3. The third-order valence-corrected chi connectivity index (χ3v) is 10.6. The van der Waals surface area contributed by atoms with Gasteiger partial charge in [-0.25, -0.2) is 4.99 Å². The molecule has 4 aromatic carbocycles. The first-order chi connectivity index (χ1) is 22.9. The van der Waals surface area contributed by atoms with Gasteiger partial charge in [0, 0.05) is 44.8 Å². The van der Waals surface area contributed by atoms with Gasteiger partial charge >= 0.3 is 0 Å². The largest absolute Gasteiger partial charge is 0.493 e. The Balaban J connectivity index is 1.32. The molecule has 9 heteroatoms. The third-order valence-electron chi connectivity index (χ3n) is 9.06. The average Bonchev–Trinajstić information content (AvgIpc) is 3.60. The molecule has 8 rings (SSSR count). The molecule has 0 bridgehead atoms. The zero-order chi connectivity index (χ0) is 32.2. The van der Waals surface area contributed by atoms with E-state index in [2.05, 4.69) is 47.2 Å². The highest BCUT2D eigenvalue weighted by Crippen LogP contribution is 2.43. The summed E-state index contributed by atoms with van der Waals surface area (Å²) in [7, 11) is 3.26. The van der Waals surface area contributed by atoms with E-state index < -0.39 is 0 Å². The molecule has 2 aliphatic rings. The number of para-hydroxylation sites is 1. The second kappa shape index (κ2) is 11.9. The summed E-state index contributed by atoms with van der Waals surface area (Å²) in [5.41, 5.74) is 8.32. The second-order valence-electron chi connectivity index (χ2n) is 11.7. The molecular weight excluding hydrogens is 649 g/mol. The summed E-state index contributed by atoms with van der Waals surface area (Å²) < 4.78 is 15.9. The number of fused-ring (bicyclic) bond motifs is 4. The van der Waals surface area contributed by atoms with Crippen molar-refractivity contribution >= 4 is 57.2 Å². The molecule has 0 radical (unpaired) electrons. The highest BCUT2D eigenvalue weighted by atomic mass is 35.5. The van der Waals surface area contributed by atoms with Gasteiger partial charge in [-0.3, -0.25) is 9.36 Å². The number of allylic oxidation sites excluding steroid dienone is 1. The van der Waals surface area contributed by atoms with Crippen LogP contribution in [0.3, 0.4) is 0 Å². The molecule has 0 amide bonds. The lowest BCUT2D eigenvalue weighted by molar-refractivity contribution is 0.354. The zero-order valence-electron chi connectivity index (χ0n) is 25.7. The van der Waals surface area contributed by atoms with Crippen molar-refractivity contribution in [1.29, 1.82) is 0 Å². The highest BCUT2D eigenvalue weighted by molar-refractivity contribution is 7.07. The predicted octanol–water partition coefficient (Wildman–Crippen LogP) is 7.65. The normalized spacial score (nSPS) is 15.7. The van der Waals surface area contributed by atoms with Crippen LogP contribution in [0.4, 0.5) is 0 Å². The van der Waals surface area contributed by atoms with Gasteiger partial charge in [-0.05, 0) is 71.5 Å². The van der Waals surface area contributed by atoms with E-state index in [-0.39, 0.29) is 11.6 Å². The molecule has 6 aromatic rings. The number of hydrogen-bond donors (Lipinski definition) is 0. The molecule has 2 aromatic heterocycles. The van der Waals surface area contributed by atoms with Crippen molar-refractivity contribution in [3.63, 3.8) is 0 Å². The first-order valence-corrected chi connectivity index (χ1v) is 16.9. The Labute approximate surface area is 285 Å². The lowest BCUT2D eigenvalue weighted by Crippen LogP contribution is -2.38. The molecule has 0 spiro atoms. The van der Waals surface area contributed by atoms with E-state index in [0.717, 1.165) is 57.3 Å². The number of hydrogen-bond acceptors (Lipinski definition) is 5. The van der Waals surface area contributed by atoms with Crippen LogP contribution in [0.25, 0.3) is 22.7 Å². The molecule has 3 heterocycles. The Bertz CT molecular complexity index is 2440. The number of benzene rings is 4. The van der Waals surface area contributed by atoms with Gasteiger partial charge in [-0.1, -0.05) is 89.1 Å². The number of rotatable bonds is 6. The fraction of sp³-hybridized carbons (Fsp3) is 0.158. The quantitative estimate of drug-likeness (QED) is 0.182. The van der Waals surface area contributed by atoms with E-state index in [9.17, 15) is 4.79 Å². The molecule has 1 aliphatic heterocycles. The van der Waals surface area contributed by atoms with Gasteiger partial charge in [0.05, 0.1) is 30.5 Å². The van der Waals surface area contributed by atoms with Gasteiger partial charge < -0.3 is 14.0 Å². The summed E-state index contributed by atoms with van der Waals surface area (Å²) in [6, 6.07) is 27.8. The monoisotopic (exact) mass is 677 g/mol. The van der Waals surface area contributed by atoms with Gasteiger partial charge in [-0.2, -0.15) is 0 Å². The minimum absolute atomic E-state index is 0.0727. The molecule has 1 aliphatic carbocycles. The number of methoxy groups -OCH3 is 2. The fourth-order valence-corrected chi connectivity index (χ4v) is 8.30. The van der Waals surface area contributed by atoms with Crippen molar-refractivity contribution in [2.45, 2.75) is 25.4 Å². The fourth-order valence-electron chi connectivity index (χ4n) is 6.84. The number of thiazole rings is 1. The van der Waals surface area contributed by atoms with Crippen LogP contribution in [-0.4, -0.2) is 23.4 Å². The Kier molecular flexibility index (Phi) is 7.55. The first-order valence-electron chi connectivity index (χ1n) is 15.3. The van der Waals surface area contributed by atoms with Gasteiger partial charge in [0.2, 0.25) is 0 Å². The van der Waals surface area contributed by atoms with Crippen molar-refractivity contribution in [3.8, 4) is 11.5 Å². The Morgan fingerprint density at radius 2 is 1.74 bits per heavy atom. The number of ether oxygens (including phenoxy) is 2. The maximum Gasteiger partial charge on any atom is 0.271 e. The summed E-state index contributed by atoms with van der Waals surface area (Å²) in [6.45, 7) is 0.567. The van der Waals surface area contributed by atoms with Gasteiger partial charge in [-0.15, -0.1) is 0 Å².